The van der Waals surface area contributed by atoms with Gasteiger partial charge in [-0.25, -0.2) is 12.8 Å². The molecule has 1 atom stereocenters. The van der Waals surface area contributed by atoms with Gasteiger partial charge in [0.05, 0.1) is 27.6 Å². The van der Waals surface area contributed by atoms with E-state index in [-0.39, 0.29) is 22.6 Å². The fraction of sp³-hybridized carbons (Fsp3) is 0.385. The molecule has 6 nitrogen and oxygen atoms in total. The molecular weight excluding hydrogens is 329 g/mol. The molecule has 0 bridgehead atoms. The summed E-state index contributed by atoms with van der Waals surface area (Å²) < 4.78 is 37.4. The third-order valence-corrected chi connectivity index (χ3v) is 6.27. The number of carbonyl (C=O) groups excluding carboxylic acids is 1. The van der Waals surface area contributed by atoms with Crippen molar-refractivity contribution in [1.29, 1.82) is 0 Å². The highest BCUT2D eigenvalue weighted by atomic mass is 32.2. The number of H-pyrrole nitrogens is 2. The lowest BCUT2D eigenvalue weighted by atomic mass is 10.1. The van der Waals surface area contributed by atoms with E-state index in [9.17, 15) is 17.6 Å². The zero-order chi connectivity index (χ0) is 15.9. The van der Waals surface area contributed by atoms with Gasteiger partial charge >= 0.3 is 0 Å². The van der Waals surface area contributed by atoms with Crippen molar-refractivity contribution in [3.63, 3.8) is 0 Å². The topological polar surface area (TPSA) is 94.8 Å². The van der Waals surface area contributed by atoms with Crippen LogP contribution in [0, 0.1) is 10.6 Å². The van der Waals surface area contributed by atoms with Crippen molar-refractivity contribution >= 4 is 39.0 Å². The average Bonchev–Trinajstić information content (AvgIpc) is 2.96. The first-order chi connectivity index (χ1) is 10.4. The summed E-state index contributed by atoms with van der Waals surface area (Å²) in [5.41, 5.74) is 0.888. The lowest BCUT2D eigenvalue weighted by molar-refractivity contribution is 0.0954. The first-order valence-corrected chi connectivity index (χ1v) is 8.90. The quantitative estimate of drug-likeness (QED) is 0.739. The van der Waals surface area contributed by atoms with Gasteiger partial charge in [-0.2, -0.15) is 0 Å². The molecule has 1 aliphatic rings. The summed E-state index contributed by atoms with van der Waals surface area (Å²) in [4.78, 5) is 17.8. The fourth-order valence-corrected chi connectivity index (χ4v) is 4.65. The number of benzene rings is 1. The lowest BCUT2D eigenvalue weighted by Crippen LogP contribution is -2.34. The Bertz CT molecular complexity index is 901. The van der Waals surface area contributed by atoms with E-state index in [2.05, 4.69) is 15.3 Å². The number of halogens is 1. The van der Waals surface area contributed by atoms with Crippen LogP contribution in [0.5, 0.6) is 0 Å². The molecule has 3 N–H and O–H groups in total. The summed E-state index contributed by atoms with van der Waals surface area (Å²) in [6.45, 7) is 0.0321. The van der Waals surface area contributed by atoms with Gasteiger partial charge in [0, 0.05) is 6.54 Å². The molecule has 1 fully saturated rings. The van der Waals surface area contributed by atoms with E-state index in [0.29, 0.717) is 23.9 Å². The molecule has 1 saturated heterocycles. The van der Waals surface area contributed by atoms with Gasteiger partial charge in [-0.15, -0.1) is 0 Å². The minimum Gasteiger partial charge on any atom is -0.351 e. The molecule has 1 aliphatic heterocycles. The van der Waals surface area contributed by atoms with E-state index in [1.54, 1.807) is 0 Å². The fourth-order valence-electron chi connectivity index (χ4n) is 2.68. The van der Waals surface area contributed by atoms with Crippen LogP contribution in [0.1, 0.15) is 23.2 Å². The Hall–Kier alpha value is -1.74. The Balaban J connectivity index is 1.85. The normalized spacial score (nSPS) is 20.3. The van der Waals surface area contributed by atoms with Crippen molar-refractivity contribution in [1.82, 2.24) is 15.3 Å². The second-order valence-corrected chi connectivity index (χ2v) is 8.11. The minimum atomic E-state index is -3.13. The average molecular weight is 343 g/mol. The Morgan fingerprint density at radius 1 is 1.41 bits per heavy atom. The predicted molar refractivity (Wildman–Crippen MR) is 82.6 cm³/mol. The van der Waals surface area contributed by atoms with Gasteiger partial charge in [0.25, 0.3) is 5.91 Å². The Morgan fingerprint density at radius 3 is 2.86 bits per heavy atom. The zero-order valence-corrected chi connectivity index (χ0v) is 13.1. The molecule has 22 heavy (non-hydrogen) atoms. The molecule has 1 aromatic carbocycles. The van der Waals surface area contributed by atoms with Crippen molar-refractivity contribution < 1.29 is 17.6 Å². The number of nitrogens with one attached hydrogen (secondary N) is 3. The maximum Gasteiger partial charge on any atom is 0.253 e. The Labute approximate surface area is 131 Å². The van der Waals surface area contributed by atoms with Crippen LogP contribution < -0.4 is 5.32 Å². The highest BCUT2D eigenvalue weighted by molar-refractivity contribution is 7.92. The number of hydrogen-bond acceptors (Lipinski definition) is 4. The summed E-state index contributed by atoms with van der Waals surface area (Å²) in [6.07, 6.45) is 1.14. The number of rotatable bonds is 3. The SMILES string of the molecule is O=C(NC[C@H]1CCCS1(=O)=O)c1cc(F)cc2[nH]c(=S)[nH]c12. The molecule has 9 heteroatoms. The highest BCUT2D eigenvalue weighted by Gasteiger charge is 2.31. The van der Waals surface area contributed by atoms with E-state index in [4.69, 9.17) is 12.2 Å². The maximum atomic E-state index is 13.6. The molecule has 0 spiro atoms. The van der Waals surface area contributed by atoms with E-state index in [1.165, 1.54) is 6.07 Å². The number of carbonyl (C=O) groups is 1. The third kappa shape index (κ3) is 2.78. The second kappa shape index (κ2) is 5.47. The summed E-state index contributed by atoms with van der Waals surface area (Å²) in [5, 5.41) is 2.01. The minimum absolute atomic E-state index is 0.0321. The molecular formula is C13H14FN3O3S2. The first-order valence-electron chi connectivity index (χ1n) is 6.78. The van der Waals surface area contributed by atoms with Crippen molar-refractivity contribution in [2.45, 2.75) is 18.1 Å². The predicted octanol–water partition coefficient (Wildman–Crippen LogP) is 1.67. The van der Waals surface area contributed by atoms with Crippen LogP contribution >= 0.6 is 12.2 Å². The van der Waals surface area contributed by atoms with Crippen molar-refractivity contribution in [3.05, 3.63) is 28.3 Å². The number of sulfone groups is 1. The second-order valence-electron chi connectivity index (χ2n) is 5.30. The van der Waals surface area contributed by atoms with Crippen LogP contribution in [0.4, 0.5) is 4.39 Å². The summed E-state index contributed by atoms with van der Waals surface area (Å²) >= 11 is 4.94. The van der Waals surface area contributed by atoms with E-state index >= 15 is 0 Å². The van der Waals surface area contributed by atoms with Crippen LogP contribution in [0.15, 0.2) is 12.1 Å². The molecule has 118 valence electrons. The molecule has 3 rings (SSSR count). The van der Waals surface area contributed by atoms with Crippen LogP contribution in [-0.4, -0.2) is 41.8 Å². The van der Waals surface area contributed by atoms with Gasteiger partial charge in [-0.3, -0.25) is 4.79 Å². The smallest absolute Gasteiger partial charge is 0.253 e. The molecule has 2 aromatic rings. The number of amides is 1. The zero-order valence-electron chi connectivity index (χ0n) is 11.5. The maximum absolute atomic E-state index is 13.6. The van der Waals surface area contributed by atoms with Crippen LogP contribution in [-0.2, 0) is 9.84 Å². The Kier molecular flexibility index (Phi) is 3.77. The third-order valence-electron chi connectivity index (χ3n) is 3.79. The standard InChI is InChI=1S/C13H14FN3O3S2/c14-7-4-9(11-10(5-7)16-13(21)17-11)12(18)15-6-8-2-1-3-22(8,19)20/h4-5,8H,1-3,6H2,(H,15,18)(H2,16,17,21)/t8-/m1/s1. The van der Waals surface area contributed by atoms with Gasteiger partial charge in [0.15, 0.2) is 14.6 Å². The lowest BCUT2D eigenvalue weighted by Gasteiger charge is -2.11. The number of hydrogen-bond donors (Lipinski definition) is 3. The van der Waals surface area contributed by atoms with Gasteiger partial charge in [0.1, 0.15) is 5.82 Å². The largest absolute Gasteiger partial charge is 0.351 e. The summed E-state index contributed by atoms with van der Waals surface area (Å²) in [5.74, 6) is -0.948. The summed E-state index contributed by atoms with van der Waals surface area (Å²) in [6, 6.07) is 2.33. The monoisotopic (exact) mass is 343 g/mol. The van der Waals surface area contributed by atoms with E-state index < -0.39 is 26.8 Å². The molecule has 0 saturated carbocycles. The van der Waals surface area contributed by atoms with Crippen LogP contribution in [0.2, 0.25) is 0 Å². The molecule has 2 heterocycles. The highest BCUT2D eigenvalue weighted by Crippen LogP contribution is 2.20. The number of fused-ring (bicyclic) bond motifs is 1. The molecule has 0 unspecified atom stereocenters. The molecule has 1 aromatic heterocycles. The van der Waals surface area contributed by atoms with Crippen molar-refractivity contribution in [2.75, 3.05) is 12.3 Å². The van der Waals surface area contributed by atoms with Crippen molar-refractivity contribution in [2.24, 2.45) is 0 Å². The Morgan fingerprint density at radius 2 is 2.18 bits per heavy atom. The van der Waals surface area contributed by atoms with Gasteiger partial charge in [-0.05, 0) is 37.2 Å². The van der Waals surface area contributed by atoms with Crippen LogP contribution in [0.25, 0.3) is 11.0 Å². The van der Waals surface area contributed by atoms with Crippen molar-refractivity contribution in [3.8, 4) is 0 Å². The van der Waals surface area contributed by atoms with Gasteiger partial charge in [0.2, 0.25) is 0 Å². The van der Waals surface area contributed by atoms with Gasteiger partial charge in [-0.1, -0.05) is 0 Å². The number of aromatic amines is 2. The molecule has 1 amide bonds. The van der Waals surface area contributed by atoms with Gasteiger partial charge < -0.3 is 15.3 Å². The van der Waals surface area contributed by atoms with E-state index in [0.717, 1.165) is 6.07 Å². The number of imidazole rings is 1. The molecule has 0 aliphatic carbocycles. The molecule has 0 radical (unpaired) electrons. The van der Waals surface area contributed by atoms with Crippen LogP contribution in [0.3, 0.4) is 0 Å². The summed E-state index contributed by atoms with van der Waals surface area (Å²) in [7, 11) is -3.13. The number of aromatic nitrogens is 2. The van der Waals surface area contributed by atoms with E-state index in [1.807, 2.05) is 0 Å². The first kappa shape index (κ1) is 15.2.